The Bertz CT molecular complexity index is 1210. The van der Waals surface area contributed by atoms with E-state index in [4.69, 9.17) is 0 Å². The van der Waals surface area contributed by atoms with E-state index < -0.39 is 0 Å². The smallest absolute Gasteiger partial charge is 0.259 e. The topological polar surface area (TPSA) is 76.9 Å². The van der Waals surface area contributed by atoms with Crippen LogP contribution in [0.3, 0.4) is 0 Å². The summed E-state index contributed by atoms with van der Waals surface area (Å²) < 4.78 is 1.81. The second-order valence-electron chi connectivity index (χ2n) is 11.4. The molecule has 2 amide bonds. The van der Waals surface area contributed by atoms with E-state index in [1.54, 1.807) is 28.2 Å². The van der Waals surface area contributed by atoms with E-state index in [1.807, 2.05) is 0 Å². The number of benzene rings is 1. The van der Waals surface area contributed by atoms with Crippen LogP contribution in [0.1, 0.15) is 143 Å². The Kier molecular flexibility index (Phi) is 11.6. The van der Waals surface area contributed by atoms with Crippen molar-refractivity contribution in [3.8, 4) is 5.00 Å². The third kappa shape index (κ3) is 8.23. The first kappa shape index (κ1) is 29.4. The Hall–Kier alpha value is -2.54. The van der Waals surface area contributed by atoms with Crippen molar-refractivity contribution in [2.24, 2.45) is 5.92 Å². The zero-order valence-electron chi connectivity index (χ0n) is 24.0. The van der Waals surface area contributed by atoms with Gasteiger partial charge in [-0.25, -0.2) is 4.68 Å². The second-order valence-corrected chi connectivity index (χ2v) is 12.2. The lowest BCUT2D eigenvalue weighted by Gasteiger charge is -2.16. The minimum atomic E-state index is -0.363. The summed E-state index contributed by atoms with van der Waals surface area (Å²) in [5.74, 6) is 0.0111. The van der Waals surface area contributed by atoms with E-state index in [0.717, 1.165) is 22.9 Å². The molecule has 1 aromatic carbocycles. The minimum Gasteiger partial charge on any atom is -0.288 e. The van der Waals surface area contributed by atoms with E-state index in [9.17, 15) is 9.59 Å². The first-order valence-electron chi connectivity index (χ1n) is 15.4. The maximum atomic E-state index is 12.2. The summed E-state index contributed by atoms with van der Waals surface area (Å²) in [4.78, 5) is 24.2. The first-order chi connectivity index (χ1) is 19.1. The van der Waals surface area contributed by atoms with E-state index in [2.05, 4.69) is 40.9 Å². The Balaban J connectivity index is 1.36. The van der Waals surface area contributed by atoms with Crippen LogP contribution < -0.4 is 5.32 Å². The van der Waals surface area contributed by atoms with E-state index in [0.29, 0.717) is 16.6 Å². The number of nitrogens with one attached hydrogen (secondary N) is 1. The highest BCUT2D eigenvalue weighted by molar-refractivity contribution is 7.12. The number of nitrogens with zero attached hydrogens (tertiary/aromatic N) is 3. The van der Waals surface area contributed by atoms with Gasteiger partial charge < -0.3 is 0 Å². The van der Waals surface area contributed by atoms with Crippen LogP contribution in [0, 0.1) is 5.92 Å². The number of aromatic nitrogens is 3. The summed E-state index contributed by atoms with van der Waals surface area (Å²) in [6, 6.07) is 5.65. The molecular weight excluding hydrogens is 504 g/mol. The molecule has 7 heteroatoms. The molecule has 1 aliphatic heterocycles. The Labute approximate surface area is 238 Å². The molecule has 0 radical (unpaired) electrons. The summed E-state index contributed by atoms with van der Waals surface area (Å²) in [6.45, 7) is 4.56. The van der Waals surface area contributed by atoms with Crippen molar-refractivity contribution >= 4 is 34.2 Å². The van der Waals surface area contributed by atoms with Gasteiger partial charge in [-0.2, -0.15) is 0 Å². The molecule has 1 unspecified atom stereocenters. The molecule has 0 fully saturated rings. The Morgan fingerprint density at radius 2 is 1.33 bits per heavy atom. The molecular formula is C32H46N4O2S. The van der Waals surface area contributed by atoms with E-state index in [1.165, 1.54) is 108 Å². The van der Waals surface area contributed by atoms with Gasteiger partial charge in [0, 0.05) is 0 Å². The SMILES string of the molecule is CCCCCCCCCCC(CCCCCCCC)Cc1csc(-n2nnc3cc4c(cc32)C(=O)NC4=O)c1. The molecule has 1 atom stereocenters. The van der Waals surface area contributed by atoms with Gasteiger partial charge in [0.15, 0.2) is 0 Å². The van der Waals surface area contributed by atoms with Crippen LogP contribution in [0.2, 0.25) is 0 Å². The van der Waals surface area contributed by atoms with Crippen LogP contribution >= 0.6 is 11.3 Å². The molecule has 3 heterocycles. The predicted octanol–water partition coefficient (Wildman–Crippen LogP) is 8.81. The van der Waals surface area contributed by atoms with Crippen LogP contribution in [-0.4, -0.2) is 26.8 Å². The van der Waals surface area contributed by atoms with Gasteiger partial charge in [0.1, 0.15) is 10.5 Å². The van der Waals surface area contributed by atoms with Gasteiger partial charge in [0.05, 0.1) is 16.6 Å². The Morgan fingerprint density at radius 1 is 0.769 bits per heavy atom. The molecule has 0 bridgehead atoms. The highest BCUT2D eigenvalue weighted by atomic mass is 32.1. The maximum absolute atomic E-state index is 12.2. The number of fused-ring (bicyclic) bond motifs is 2. The number of carbonyl (C=O) groups excluding carboxylic acids is 2. The quantitative estimate of drug-likeness (QED) is 0.119. The average molecular weight is 551 g/mol. The number of imide groups is 1. The number of carbonyl (C=O) groups is 2. The van der Waals surface area contributed by atoms with Crippen molar-refractivity contribution in [2.45, 2.75) is 123 Å². The highest BCUT2D eigenvalue weighted by Crippen LogP contribution is 2.30. The molecule has 4 rings (SSSR count). The number of hydrogen-bond acceptors (Lipinski definition) is 5. The van der Waals surface area contributed by atoms with Crippen LogP contribution in [0.5, 0.6) is 0 Å². The molecule has 0 saturated carbocycles. The van der Waals surface area contributed by atoms with Crippen LogP contribution in [0.4, 0.5) is 0 Å². The van der Waals surface area contributed by atoms with Crippen LogP contribution in [0.15, 0.2) is 23.6 Å². The van der Waals surface area contributed by atoms with Crippen molar-refractivity contribution in [3.05, 3.63) is 40.3 Å². The molecule has 39 heavy (non-hydrogen) atoms. The molecule has 212 valence electrons. The molecule has 0 aliphatic carbocycles. The van der Waals surface area contributed by atoms with Gasteiger partial charge in [0.2, 0.25) is 0 Å². The van der Waals surface area contributed by atoms with Crippen molar-refractivity contribution in [2.75, 3.05) is 0 Å². The zero-order chi connectivity index (χ0) is 27.5. The number of rotatable bonds is 19. The van der Waals surface area contributed by atoms with Gasteiger partial charge in [0.25, 0.3) is 11.8 Å². The summed E-state index contributed by atoms with van der Waals surface area (Å²) in [6.07, 6.45) is 22.8. The summed E-state index contributed by atoms with van der Waals surface area (Å²) >= 11 is 1.67. The van der Waals surface area contributed by atoms with Crippen molar-refractivity contribution in [1.29, 1.82) is 0 Å². The fraction of sp³-hybridized carbons (Fsp3) is 0.625. The van der Waals surface area contributed by atoms with Gasteiger partial charge >= 0.3 is 0 Å². The number of unbranched alkanes of at least 4 members (excludes halogenated alkanes) is 12. The number of hydrogen-bond donors (Lipinski definition) is 1. The van der Waals surface area contributed by atoms with Gasteiger partial charge in [-0.05, 0) is 41.5 Å². The molecule has 6 nitrogen and oxygen atoms in total. The molecule has 3 aromatic rings. The van der Waals surface area contributed by atoms with Gasteiger partial charge in [-0.1, -0.05) is 122 Å². The summed E-state index contributed by atoms with van der Waals surface area (Å²) in [7, 11) is 0. The molecule has 2 aromatic heterocycles. The molecule has 1 aliphatic rings. The van der Waals surface area contributed by atoms with E-state index >= 15 is 0 Å². The van der Waals surface area contributed by atoms with Crippen molar-refractivity contribution in [3.63, 3.8) is 0 Å². The van der Waals surface area contributed by atoms with Crippen molar-refractivity contribution in [1.82, 2.24) is 20.3 Å². The third-order valence-corrected chi connectivity index (χ3v) is 9.06. The first-order valence-corrected chi connectivity index (χ1v) is 16.3. The monoisotopic (exact) mass is 550 g/mol. The molecule has 1 N–H and O–H groups in total. The van der Waals surface area contributed by atoms with E-state index in [-0.39, 0.29) is 11.8 Å². The number of amides is 2. The fourth-order valence-electron chi connectivity index (χ4n) is 5.79. The number of thiophene rings is 1. The fourth-order valence-corrected chi connectivity index (χ4v) is 6.68. The molecule has 0 spiro atoms. The summed E-state index contributed by atoms with van der Waals surface area (Å²) in [5, 5.41) is 14.3. The largest absolute Gasteiger partial charge is 0.288 e. The minimum absolute atomic E-state index is 0.352. The lowest BCUT2D eigenvalue weighted by Crippen LogP contribution is -2.19. The lowest BCUT2D eigenvalue weighted by atomic mass is 9.89. The standard InChI is InChI=1S/C32H46N4O2S/c1-3-5-7-9-11-12-14-16-18-24(17-15-13-10-8-6-4-2)19-25-20-30(39-23-25)36-29-22-27-26(21-28(29)34-35-36)31(37)33-32(27)38/h20-24H,3-19H2,1-2H3,(H,33,37,38). The third-order valence-electron chi connectivity index (χ3n) is 8.11. The predicted molar refractivity (Wildman–Crippen MR) is 161 cm³/mol. The maximum Gasteiger partial charge on any atom is 0.259 e. The Morgan fingerprint density at radius 3 is 1.95 bits per heavy atom. The van der Waals surface area contributed by atoms with Crippen molar-refractivity contribution < 1.29 is 9.59 Å². The van der Waals surface area contributed by atoms with Crippen LogP contribution in [0.25, 0.3) is 16.0 Å². The lowest BCUT2D eigenvalue weighted by molar-refractivity contribution is 0.0879. The second kappa shape index (κ2) is 15.3. The zero-order valence-corrected chi connectivity index (χ0v) is 24.8. The summed E-state index contributed by atoms with van der Waals surface area (Å²) in [5.41, 5.74) is 3.53. The average Bonchev–Trinajstić information content (AvgIpc) is 3.63. The normalized spacial score (nSPS) is 13.8. The molecule has 0 saturated heterocycles. The van der Waals surface area contributed by atoms with Crippen LogP contribution in [-0.2, 0) is 6.42 Å². The van der Waals surface area contributed by atoms with Gasteiger partial charge in [-0.3, -0.25) is 14.9 Å². The highest BCUT2D eigenvalue weighted by Gasteiger charge is 2.28. The van der Waals surface area contributed by atoms with Gasteiger partial charge in [-0.15, -0.1) is 16.4 Å².